The second kappa shape index (κ2) is 3.31. The van der Waals surface area contributed by atoms with E-state index >= 15 is 0 Å². The summed E-state index contributed by atoms with van der Waals surface area (Å²) in [7, 11) is 1.86. The van der Waals surface area contributed by atoms with Crippen molar-refractivity contribution in [1.29, 1.82) is 0 Å². The number of benzene rings is 1. The predicted octanol–water partition coefficient (Wildman–Crippen LogP) is 0.534. The normalized spacial score (nSPS) is 14.4. The highest BCUT2D eigenvalue weighted by Crippen LogP contribution is 2.30. The Kier molecular flexibility index (Phi) is 2.13. The molecule has 14 heavy (non-hydrogen) atoms. The fraction of sp³-hybridized carbons (Fsp3) is 0.300. The number of anilines is 2. The summed E-state index contributed by atoms with van der Waals surface area (Å²) in [6, 6.07) is 5.86. The zero-order valence-electron chi connectivity index (χ0n) is 8.08. The lowest BCUT2D eigenvalue weighted by Gasteiger charge is -2.14. The van der Waals surface area contributed by atoms with Crippen LogP contribution in [0.1, 0.15) is 5.56 Å². The van der Waals surface area contributed by atoms with Gasteiger partial charge in [0, 0.05) is 18.4 Å². The molecule has 4 heteroatoms. The Bertz CT molecular complexity index is 376. The third kappa shape index (κ3) is 1.24. The molecule has 2 rings (SSSR count). The van der Waals surface area contributed by atoms with Gasteiger partial charge in [0.05, 0.1) is 13.1 Å². The summed E-state index contributed by atoms with van der Waals surface area (Å²) in [5, 5.41) is 3.04. The summed E-state index contributed by atoms with van der Waals surface area (Å²) in [6.07, 6.45) is 0.460. The van der Waals surface area contributed by atoms with E-state index in [2.05, 4.69) is 5.32 Å². The zero-order valence-corrected chi connectivity index (χ0v) is 8.08. The first-order valence-corrected chi connectivity index (χ1v) is 4.57. The van der Waals surface area contributed by atoms with Crippen LogP contribution in [0.3, 0.4) is 0 Å². The number of fused-ring (bicyclic) bond motifs is 1. The van der Waals surface area contributed by atoms with E-state index in [4.69, 9.17) is 5.73 Å². The molecule has 0 fully saturated rings. The average Bonchev–Trinajstić information content (AvgIpc) is 2.51. The van der Waals surface area contributed by atoms with Crippen LogP contribution in [0.4, 0.5) is 11.4 Å². The molecule has 0 radical (unpaired) electrons. The SMILES string of the molecule is CNc1ccc2c(c1)CC(=O)N2CN. The molecule has 4 nitrogen and oxygen atoms in total. The molecule has 0 saturated carbocycles. The molecule has 1 amide bonds. The lowest BCUT2D eigenvalue weighted by molar-refractivity contribution is -0.117. The Morgan fingerprint density at radius 3 is 3.00 bits per heavy atom. The summed E-state index contributed by atoms with van der Waals surface area (Å²) in [4.78, 5) is 13.1. The second-order valence-corrected chi connectivity index (χ2v) is 3.27. The van der Waals surface area contributed by atoms with Gasteiger partial charge in [0.25, 0.3) is 0 Å². The molecule has 74 valence electrons. The van der Waals surface area contributed by atoms with Crippen molar-refractivity contribution in [2.24, 2.45) is 5.73 Å². The summed E-state index contributed by atoms with van der Waals surface area (Å²) >= 11 is 0. The van der Waals surface area contributed by atoms with E-state index in [1.807, 2.05) is 25.2 Å². The highest BCUT2D eigenvalue weighted by Gasteiger charge is 2.25. The average molecular weight is 191 g/mol. The first-order valence-electron chi connectivity index (χ1n) is 4.57. The highest BCUT2D eigenvalue weighted by molar-refractivity contribution is 6.01. The Balaban J connectivity index is 2.42. The van der Waals surface area contributed by atoms with Crippen LogP contribution in [-0.2, 0) is 11.2 Å². The quantitative estimate of drug-likeness (QED) is 0.717. The number of hydrogen-bond donors (Lipinski definition) is 2. The zero-order chi connectivity index (χ0) is 10.1. The molecule has 1 aliphatic rings. The van der Waals surface area contributed by atoms with Crippen LogP contribution in [0.15, 0.2) is 18.2 Å². The van der Waals surface area contributed by atoms with Crippen molar-refractivity contribution >= 4 is 17.3 Å². The third-order valence-electron chi connectivity index (χ3n) is 2.48. The Hall–Kier alpha value is -1.55. The van der Waals surface area contributed by atoms with E-state index < -0.39 is 0 Å². The molecule has 0 aliphatic carbocycles. The van der Waals surface area contributed by atoms with Crippen LogP contribution >= 0.6 is 0 Å². The Morgan fingerprint density at radius 1 is 1.57 bits per heavy atom. The van der Waals surface area contributed by atoms with Crippen LogP contribution in [-0.4, -0.2) is 19.6 Å². The van der Waals surface area contributed by atoms with Crippen LogP contribution in [0.5, 0.6) is 0 Å². The molecular formula is C10H13N3O. The van der Waals surface area contributed by atoms with Crippen molar-refractivity contribution in [3.8, 4) is 0 Å². The molecule has 0 bridgehead atoms. The lowest BCUT2D eigenvalue weighted by Crippen LogP contribution is -2.32. The van der Waals surface area contributed by atoms with Gasteiger partial charge in [-0.25, -0.2) is 0 Å². The largest absolute Gasteiger partial charge is 0.388 e. The van der Waals surface area contributed by atoms with Gasteiger partial charge < -0.3 is 11.1 Å². The predicted molar refractivity (Wildman–Crippen MR) is 56.2 cm³/mol. The number of nitrogens with two attached hydrogens (primary N) is 1. The maximum absolute atomic E-state index is 11.5. The third-order valence-corrected chi connectivity index (χ3v) is 2.48. The minimum absolute atomic E-state index is 0.0794. The minimum atomic E-state index is 0.0794. The van der Waals surface area contributed by atoms with E-state index in [1.54, 1.807) is 4.90 Å². The highest BCUT2D eigenvalue weighted by atomic mass is 16.2. The van der Waals surface area contributed by atoms with Crippen LogP contribution < -0.4 is 16.0 Å². The molecule has 1 aromatic rings. The smallest absolute Gasteiger partial charge is 0.232 e. The molecule has 0 aromatic heterocycles. The molecule has 1 aliphatic heterocycles. The van der Waals surface area contributed by atoms with Crippen molar-refractivity contribution in [3.63, 3.8) is 0 Å². The molecule has 1 heterocycles. The van der Waals surface area contributed by atoms with Crippen molar-refractivity contribution < 1.29 is 4.79 Å². The summed E-state index contributed by atoms with van der Waals surface area (Å²) in [5.41, 5.74) is 8.51. The maximum atomic E-state index is 11.5. The first kappa shape index (κ1) is 9.02. The molecule has 1 aromatic carbocycles. The van der Waals surface area contributed by atoms with Gasteiger partial charge in [0.15, 0.2) is 0 Å². The van der Waals surface area contributed by atoms with Gasteiger partial charge in [-0.3, -0.25) is 9.69 Å². The molecule has 0 unspecified atom stereocenters. The number of rotatable bonds is 2. The number of carbonyl (C=O) groups excluding carboxylic acids is 1. The Labute approximate surface area is 82.7 Å². The Morgan fingerprint density at radius 2 is 2.36 bits per heavy atom. The van der Waals surface area contributed by atoms with Gasteiger partial charge in [-0.15, -0.1) is 0 Å². The maximum Gasteiger partial charge on any atom is 0.232 e. The number of amides is 1. The van der Waals surface area contributed by atoms with Gasteiger partial charge in [0.1, 0.15) is 0 Å². The van der Waals surface area contributed by atoms with E-state index in [0.717, 1.165) is 16.9 Å². The molecular weight excluding hydrogens is 178 g/mol. The van der Waals surface area contributed by atoms with Crippen LogP contribution in [0.2, 0.25) is 0 Å². The van der Waals surface area contributed by atoms with E-state index in [0.29, 0.717) is 6.42 Å². The molecule has 0 spiro atoms. The van der Waals surface area contributed by atoms with Crippen LogP contribution in [0, 0.1) is 0 Å². The van der Waals surface area contributed by atoms with Gasteiger partial charge in [-0.05, 0) is 23.8 Å². The number of carbonyl (C=O) groups is 1. The first-order chi connectivity index (χ1) is 6.76. The van der Waals surface area contributed by atoms with Crippen molar-refractivity contribution in [2.45, 2.75) is 6.42 Å². The van der Waals surface area contributed by atoms with Crippen molar-refractivity contribution in [1.82, 2.24) is 0 Å². The number of nitrogens with one attached hydrogen (secondary N) is 1. The topological polar surface area (TPSA) is 58.4 Å². The van der Waals surface area contributed by atoms with Gasteiger partial charge >= 0.3 is 0 Å². The van der Waals surface area contributed by atoms with Gasteiger partial charge in [-0.1, -0.05) is 0 Å². The monoisotopic (exact) mass is 191 g/mol. The molecule has 3 N–H and O–H groups in total. The summed E-state index contributed by atoms with van der Waals surface area (Å²) in [6.45, 7) is 0.255. The second-order valence-electron chi connectivity index (χ2n) is 3.27. The lowest BCUT2D eigenvalue weighted by atomic mass is 10.1. The van der Waals surface area contributed by atoms with Gasteiger partial charge in [0.2, 0.25) is 5.91 Å². The summed E-state index contributed by atoms with van der Waals surface area (Å²) < 4.78 is 0. The van der Waals surface area contributed by atoms with Crippen molar-refractivity contribution in [3.05, 3.63) is 23.8 Å². The minimum Gasteiger partial charge on any atom is -0.388 e. The molecule has 0 atom stereocenters. The van der Waals surface area contributed by atoms with E-state index in [9.17, 15) is 4.79 Å². The van der Waals surface area contributed by atoms with Crippen LogP contribution in [0.25, 0.3) is 0 Å². The fourth-order valence-electron chi connectivity index (χ4n) is 1.74. The fourth-order valence-corrected chi connectivity index (χ4v) is 1.74. The molecule has 0 saturated heterocycles. The van der Waals surface area contributed by atoms with Gasteiger partial charge in [-0.2, -0.15) is 0 Å². The van der Waals surface area contributed by atoms with E-state index in [-0.39, 0.29) is 12.6 Å². The summed E-state index contributed by atoms with van der Waals surface area (Å²) in [5.74, 6) is 0.0794. The number of nitrogens with zero attached hydrogens (tertiary/aromatic N) is 1. The standard InChI is InChI=1S/C10H13N3O/c1-12-8-2-3-9-7(4-8)5-10(14)13(9)6-11/h2-4,12H,5-6,11H2,1H3. The van der Waals surface area contributed by atoms with E-state index in [1.165, 1.54) is 0 Å². The number of hydrogen-bond acceptors (Lipinski definition) is 3. The van der Waals surface area contributed by atoms with Crippen molar-refractivity contribution in [2.75, 3.05) is 23.9 Å².